The monoisotopic (exact) mass is 722 g/mol. The first-order chi connectivity index (χ1) is 23.4. The SMILES string of the molecule is COc1cc(/C=C2\SC(=O)N(Cc3ccc([N+](=O)[O-])cc3)C2=O)ccc1Oc1nc2c(c(=O)n(C)c(=O)n2C)n1Cc1ccc(Cl)cc1Cl. The summed E-state index contributed by atoms with van der Waals surface area (Å²) in [5.41, 5.74) is 0.613. The average Bonchev–Trinajstić information content (AvgIpc) is 3.56. The summed E-state index contributed by atoms with van der Waals surface area (Å²) < 4.78 is 15.5. The van der Waals surface area contributed by atoms with E-state index in [1.807, 2.05) is 0 Å². The first-order valence-corrected chi connectivity index (χ1v) is 15.9. The zero-order valence-corrected chi connectivity index (χ0v) is 28.2. The number of carbonyl (C=O) groups excluding carboxylic acids is 2. The molecule has 3 aromatic carbocycles. The number of hydrogen-bond donors (Lipinski definition) is 0. The third kappa shape index (κ3) is 6.42. The van der Waals surface area contributed by atoms with Crippen LogP contribution >= 0.6 is 35.0 Å². The van der Waals surface area contributed by atoms with E-state index in [2.05, 4.69) is 4.98 Å². The molecule has 0 radical (unpaired) electrons. The molecule has 6 rings (SSSR count). The lowest BCUT2D eigenvalue weighted by molar-refractivity contribution is -0.384. The van der Waals surface area contributed by atoms with Gasteiger partial charge >= 0.3 is 11.7 Å². The van der Waals surface area contributed by atoms with Crippen molar-refractivity contribution in [1.82, 2.24) is 23.6 Å². The Kier molecular flexibility index (Phi) is 9.07. The average molecular weight is 724 g/mol. The van der Waals surface area contributed by atoms with Gasteiger partial charge in [-0.25, -0.2) is 4.79 Å². The third-order valence-electron chi connectivity index (χ3n) is 7.70. The summed E-state index contributed by atoms with van der Waals surface area (Å²) in [7, 11) is 4.27. The molecule has 49 heavy (non-hydrogen) atoms. The van der Waals surface area contributed by atoms with E-state index in [9.17, 15) is 29.3 Å². The first kappa shape index (κ1) is 33.5. The quantitative estimate of drug-likeness (QED) is 0.104. The molecule has 0 N–H and O–H groups in total. The van der Waals surface area contributed by atoms with Gasteiger partial charge in [-0.3, -0.25) is 43.1 Å². The van der Waals surface area contributed by atoms with Gasteiger partial charge in [0.15, 0.2) is 22.7 Å². The lowest BCUT2D eigenvalue weighted by Gasteiger charge is -2.14. The van der Waals surface area contributed by atoms with E-state index in [0.29, 0.717) is 26.7 Å². The number of aromatic nitrogens is 4. The lowest BCUT2D eigenvalue weighted by Crippen LogP contribution is -2.37. The molecule has 1 saturated heterocycles. The molecule has 0 spiro atoms. The fraction of sp³-hybridized carbons (Fsp3) is 0.156. The molecule has 0 bridgehead atoms. The van der Waals surface area contributed by atoms with Gasteiger partial charge in [0, 0.05) is 36.3 Å². The Morgan fingerprint density at radius 2 is 1.67 bits per heavy atom. The second-order valence-corrected chi connectivity index (χ2v) is 12.6. The van der Waals surface area contributed by atoms with Crippen molar-refractivity contribution in [1.29, 1.82) is 0 Å². The maximum atomic E-state index is 13.3. The molecule has 1 fully saturated rings. The van der Waals surface area contributed by atoms with Crippen LogP contribution in [-0.2, 0) is 32.0 Å². The number of benzene rings is 3. The summed E-state index contributed by atoms with van der Waals surface area (Å²) in [5.74, 6) is -0.0790. The van der Waals surface area contributed by atoms with Crippen molar-refractivity contribution >= 4 is 69.0 Å². The predicted molar refractivity (Wildman–Crippen MR) is 183 cm³/mol. The van der Waals surface area contributed by atoms with E-state index < -0.39 is 27.3 Å². The molecule has 1 aliphatic rings. The molecule has 0 aliphatic carbocycles. The summed E-state index contributed by atoms with van der Waals surface area (Å²) in [4.78, 5) is 68.0. The minimum absolute atomic E-state index is 0.0299. The molecule has 5 aromatic rings. The zero-order valence-electron chi connectivity index (χ0n) is 25.9. The molecule has 0 saturated carbocycles. The van der Waals surface area contributed by atoms with E-state index in [0.717, 1.165) is 21.2 Å². The molecular weight excluding hydrogens is 699 g/mol. The second kappa shape index (κ2) is 13.3. The van der Waals surface area contributed by atoms with Crippen molar-refractivity contribution in [3.8, 4) is 17.5 Å². The highest BCUT2D eigenvalue weighted by molar-refractivity contribution is 8.18. The number of nitro benzene ring substituents is 1. The van der Waals surface area contributed by atoms with Gasteiger partial charge in [-0.05, 0) is 58.8 Å². The number of imide groups is 1. The standard InChI is InChI=1S/C32H24Cl2N6O8S/c1-36-27-26(29(42)37(2)31(36)43)38(16-19-7-8-20(33)14-22(19)34)30(35-27)48-23-11-6-18(12-24(23)47-3)13-25-28(41)39(32(44)49-25)15-17-4-9-21(10-5-17)40(45)46/h4-14H,15-16H2,1-3H3/b25-13-. The van der Waals surface area contributed by atoms with Crippen LogP contribution in [-0.4, -0.2) is 46.8 Å². The predicted octanol–water partition coefficient (Wildman–Crippen LogP) is 5.73. The number of ether oxygens (including phenoxy) is 2. The Morgan fingerprint density at radius 3 is 2.35 bits per heavy atom. The summed E-state index contributed by atoms with van der Waals surface area (Å²) >= 11 is 13.3. The topological polar surface area (TPSA) is 161 Å². The van der Waals surface area contributed by atoms with Crippen LogP contribution in [0.3, 0.4) is 0 Å². The highest BCUT2D eigenvalue weighted by Crippen LogP contribution is 2.37. The van der Waals surface area contributed by atoms with Gasteiger partial charge in [-0.15, -0.1) is 0 Å². The van der Waals surface area contributed by atoms with E-state index >= 15 is 0 Å². The number of nitrogens with zero attached hydrogens (tertiary/aromatic N) is 6. The Morgan fingerprint density at radius 1 is 0.939 bits per heavy atom. The molecule has 17 heteroatoms. The number of imidazole rings is 1. The van der Waals surface area contributed by atoms with Crippen molar-refractivity contribution in [3.63, 3.8) is 0 Å². The summed E-state index contributed by atoms with van der Waals surface area (Å²) in [6.07, 6.45) is 1.53. The molecule has 2 aromatic heterocycles. The van der Waals surface area contributed by atoms with E-state index in [4.69, 9.17) is 32.7 Å². The molecule has 2 amide bonds. The minimum Gasteiger partial charge on any atom is -0.493 e. The maximum absolute atomic E-state index is 13.3. The van der Waals surface area contributed by atoms with E-state index in [1.165, 1.54) is 60.7 Å². The van der Waals surface area contributed by atoms with Gasteiger partial charge in [-0.2, -0.15) is 4.98 Å². The molecule has 14 nitrogen and oxygen atoms in total. The number of fused-ring (bicyclic) bond motifs is 1. The molecule has 0 atom stereocenters. The first-order valence-electron chi connectivity index (χ1n) is 14.3. The molecule has 0 unspecified atom stereocenters. The Labute approximate surface area is 290 Å². The van der Waals surface area contributed by atoms with Crippen LogP contribution in [0.25, 0.3) is 17.2 Å². The van der Waals surface area contributed by atoms with Crippen LogP contribution in [0.4, 0.5) is 10.5 Å². The normalized spacial score (nSPS) is 13.9. The van der Waals surface area contributed by atoms with Crippen molar-refractivity contribution in [2.45, 2.75) is 13.1 Å². The van der Waals surface area contributed by atoms with Crippen LogP contribution in [0.15, 0.2) is 75.2 Å². The van der Waals surface area contributed by atoms with Crippen molar-refractivity contribution in [3.05, 3.63) is 123 Å². The number of rotatable bonds is 9. The highest BCUT2D eigenvalue weighted by Gasteiger charge is 2.35. The third-order valence-corrected chi connectivity index (χ3v) is 9.20. The van der Waals surface area contributed by atoms with Crippen molar-refractivity contribution < 1.29 is 24.0 Å². The van der Waals surface area contributed by atoms with Crippen LogP contribution in [0.1, 0.15) is 16.7 Å². The van der Waals surface area contributed by atoms with Crippen LogP contribution in [0, 0.1) is 10.1 Å². The Bertz CT molecular complexity index is 2350. The number of carbonyl (C=O) groups is 2. The number of methoxy groups -OCH3 is 1. The number of non-ortho nitro benzene ring substituents is 1. The van der Waals surface area contributed by atoms with Gasteiger partial charge in [0.2, 0.25) is 0 Å². The number of hydrogen-bond acceptors (Lipinski definition) is 10. The maximum Gasteiger partial charge on any atom is 0.332 e. The lowest BCUT2D eigenvalue weighted by atomic mass is 10.1. The van der Waals surface area contributed by atoms with Gasteiger partial charge < -0.3 is 9.47 Å². The highest BCUT2D eigenvalue weighted by atomic mass is 35.5. The van der Waals surface area contributed by atoms with Crippen LogP contribution < -0.4 is 20.7 Å². The molecule has 1 aliphatic heterocycles. The minimum atomic E-state index is -0.588. The number of halogens is 2. The van der Waals surface area contributed by atoms with Crippen molar-refractivity contribution in [2.75, 3.05) is 7.11 Å². The fourth-order valence-corrected chi connectivity index (χ4v) is 6.43. The van der Waals surface area contributed by atoms with Crippen LogP contribution in [0.5, 0.6) is 17.5 Å². The Balaban J connectivity index is 1.32. The van der Waals surface area contributed by atoms with Gasteiger partial charge in [0.05, 0.1) is 30.0 Å². The largest absolute Gasteiger partial charge is 0.493 e. The smallest absolute Gasteiger partial charge is 0.332 e. The molecule has 3 heterocycles. The van der Waals surface area contributed by atoms with E-state index in [1.54, 1.807) is 36.4 Å². The zero-order chi connectivity index (χ0) is 35.1. The van der Waals surface area contributed by atoms with Gasteiger partial charge in [-0.1, -0.05) is 47.5 Å². The number of thioether (sulfide) groups is 1. The second-order valence-electron chi connectivity index (χ2n) is 10.8. The Hall–Kier alpha value is -5.38. The van der Waals surface area contributed by atoms with Gasteiger partial charge in [0.25, 0.3) is 22.4 Å². The fourth-order valence-electron chi connectivity index (χ4n) is 5.12. The summed E-state index contributed by atoms with van der Waals surface area (Å²) in [5, 5.41) is 11.2. The summed E-state index contributed by atoms with van der Waals surface area (Å²) in [6, 6.07) is 15.3. The number of amides is 2. The summed E-state index contributed by atoms with van der Waals surface area (Å²) in [6.45, 7) is -0.00144. The van der Waals surface area contributed by atoms with Crippen LogP contribution in [0.2, 0.25) is 10.0 Å². The number of aryl methyl sites for hydroxylation is 1. The van der Waals surface area contributed by atoms with E-state index in [-0.39, 0.29) is 52.4 Å². The number of nitro groups is 1. The molecular formula is C32H24Cl2N6O8S. The van der Waals surface area contributed by atoms with Gasteiger partial charge in [0.1, 0.15) is 0 Å². The van der Waals surface area contributed by atoms with Crippen molar-refractivity contribution in [2.24, 2.45) is 14.1 Å². The molecule has 250 valence electrons.